The summed E-state index contributed by atoms with van der Waals surface area (Å²) in [7, 11) is 0. The average Bonchev–Trinajstić information content (AvgIpc) is 2.18. The molecule has 0 spiro atoms. The van der Waals surface area contributed by atoms with Crippen LogP contribution in [0.15, 0.2) is 24.3 Å². The van der Waals surface area contributed by atoms with Crippen LogP contribution in [0.25, 0.3) is 0 Å². The highest BCUT2D eigenvalue weighted by atomic mass is 79.9. The second-order valence-electron chi connectivity index (χ2n) is 2.38. The second-order valence-corrected chi connectivity index (χ2v) is 2.78. The first kappa shape index (κ1) is 10.1. The monoisotopic (exact) mass is 243 g/mol. The Labute approximate surface area is 85.4 Å². The molecule has 0 aromatic heterocycles. The third kappa shape index (κ3) is 2.73. The second kappa shape index (κ2) is 4.87. The molecule has 4 heteroatoms. The van der Waals surface area contributed by atoms with Crippen molar-refractivity contribution in [2.45, 2.75) is 6.92 Å². The van der Waals surface area contributed by atoms with Crippen LogP contribution in [-0.4, -0.2) is 12.5 Å². The lowest BCUT2D eigenvalue weighted by molar-refractivity contribution is 0.0986. The average molecular weight is 244 g/mol. The zero-order valence-electron chi connectivity index (χ0n) is 7.21. The van der Waals surface area contributed by atoms with Crippen molar-refractivity contribution in [2.75, 3.05) is 6.61 Å². The number of halogens is 1. The minimum atomic E-state index is -0.164. The number of benzene rings is 1. The number of amides is 1. The van der Waals surface area contributed by atoms with E-state index in [9.17, 15) is 4.79 Å². The molecule has 1 amide bonds. The van der Waals surface area contributed by atoms with E-state index in [4.69, 9.17) is 4.74 Å². The van der Waals surface area contributed by atoms with Gasteiger partial charge in [-0.2, -0.15) is 0 Å². The summed E-state index contributed by atoms with van der Waals surface area (Å²) >= 11 is 2.87. The molecule has 0 heterocycles. The molecule has 70 valence electrons. The summed E-state index contributed by atoms with van der Waals surface area (Å²) in [6.45, 7) is 2.54. The Bertz CT molecular complexity index is 284. The van der Waals surface area contributed by atoms with Gasteiger partial charge in [0, 0.05) is 21.7 Å². The topological polar surface area (TPSA) is 38.3 Å². The van der Waals surface area contributed by atoms with E-state index in [1.165, 1.54) is 0 Å². The Balaban J connectivity index is 2.75. The largest absolute Gasteiger partial charge is 0.494 e. The lowest BCUT2D eigenvalue weighted by Crippen LogP contribution is -2.11. The van der Waals surface area contributed by atoms with Crippen molar-refractivity contribution < 1.29 is 9.53 Å². The number of hydrogen-bond donors (Lipinski definition) is 1. The standard InChI is InChI=1S/C9H10BrNO2/c1-2-13-8-5-3-7(4-6-8)9(12)11-10/h3-6H,2H2,1H3,(H,11,12). The number of carbonyl (C=O) groups excluding carboxylic acids is 1. The first-order valence-electron chi connectivity index (χ1n) is 3.91. The molecule has 0 fully saturated rings. The summed E-state index contributed by atoms with van der Waals surface area (Å²) in [5, 5.41) is 0. The predicted molar refractivity (Wildman–Crippen MR) is 54.0 cm³/mol. The SMILES string of the molecule is CCOc1ccc(C(=O)NBr)cc1. The number of hydrogen-bond acceptors (Lipinski definition) is 2. The smallest absolute Gasteiger partial charge is 0.261 e. The zero-order valence-corrected chi connectivity index (χ0v) is 8.80. The zero-order chi connectivity index (χ0) is 9.68. The molecule has 1 aromatic rings. The molecule has 0 aliphatic rings. The van der Waals surface area contributed by atoms with Crippen LogP contribution in [0, 0.1) is 0 Å². The van der Waals surface area contributed by atoms with Gasteiger partial charge in [-0.25, -0.2) is 0 Å². The van der Waals surface area contributed by atoms with Gasteiger partial charge in [0.15, 0.2) is 0 Å². The van der Waals surface area contributed by atoms with E-state index in [0.717, 1.165) is 5.75 Å². The molecule has 0 radical (unpaired) electrons. The fraction of sp³-hybridized carbons (Fsp3) is 0.222. The highest BCUT2D eigenvalue weighted by molar-refractivity contribution is 9.08. The van der Waals surface area contributed by atoms with E-state index in [1.807, 2.05) is 6.92 Å². The summed E-state index contributed by atoms with van der Waals surface area (Å²) in [6, 6.07) is 6.95. The van der Waals surface area contributed by atoms with Crippen molar-refractivity contribution >= 4 is 22.1 Å². The molecule has 0 bridgehead atoms. The molecule has 13 heavy (non-hydrogen) atoms. The highest BCUT2D eigenvalue weighted by Crippen LogP contribution is 2.11. The number of rotatable bonds is 3. The fourth-order valence-electron chi connectivity index (χ4n) is 0.924. The maximum atomic E-state index is 11.1. The van der Waals surface area contributed by atoms with Crippen molar-refractivity contribution in [1.82, 2.24) is 4.34 Å². The molecule has 1 rings (SSSR count). The van der Waals surface area contributed by atoms with Crippen molar-refractivity contribution in [3.63, 3.8) is 0 Å². The van der Waals surface area contributed by atoms with E-state index in [2.05, 4.69) is 20.5 Å². The molecule has 3 nitrogen and oxygen atoms in total. The third-order valence-corrected chi connectivity index (χ3v) is 1.87. The number of ether oxygens (including phenoxy) is 1. The summed E-state index contributed by atoms with van der Waals surface area (Å²) in [4.78, 5) is 11.1. The maximum Gasteiger partial charge on any atom is 0.261 e. The minimum absolute atomic E-state index is 0.164. The van der Waals surface area contributed by atoms with Gasteiger partial charge in [0.05, 0.1) is 6.61 Å². The Kier molecular flexibility index (Phi) is 3.76. The predicted octanol–water partition coefficient (Wildman–Crippen LogP) is 2.12. The lowest BCUT2D eigenvalue weighted by atomic mass is 10.2. The molecule has 1 aromatic carbocycles. The normalized spacial score (nSPS) is 9.38. The fourth-order valence-corrected chi connectivity index (χ4v) is 1.15. The minimum Gasteiger partial charge on any atom is -0.494 e. The van der Waals surface area contributed by atoms with Gasteiger partial charge in [-0.3, -0.25) is 9.14 Å². The first-order chi connectivity index (χ1) is 6.27. The van der Waals surface area contributed by atoms with Gasteiger partial charge < -0.3 is 4.74 Å². The number of carbonyl (C=O) groups is 1. The summed E-state index contributed by atoms with van der Waals surface area (Å²) < 4.78 is 7.60. The molecule has 0 aliphatic carbocycles. The molecular formula is C9H10BrNO2. The van der Waals surface area contributed by atoms with Gasteiger partial charge in [-0.15, -0.1) is 0 Å². The van der Waals surface area contributed by atoms with Crippen LogP contribution in [0.1, 0.15) is 17.3 Å². The van der Waals surface area contributed by atoms with Crippen LogP contribution in [-0.2, 0) is 0 Å². The Morgan fingerprint density at radius 3 is 2.54 bits per heavy atom. The van der Waals surface area contributed by atoms with Gasteiger partial charge >= 0.3 is 0 Å². The van der Waals surface area contributed by atoms with Gasteiger partial charge in [-0.1, -0.05) is 0 Å². The van der Waals surface area contributed by atoms with Crippen molar-refractivity contribution in [1.29, 1.82) is 0 Å². The molecule has 0 aliphatic heterocycles. The lowest BCUT2D eigenvalue weighted by Gasteiger charge is -2.03. The molecule has 0 atom stereocenters. The molecule has 0 saturated heterocycles. The molecule has 0 saturated carbocycles. The van der Waals surface area contributed by atoms with Crippen LogP contribution in [0.2, 0.25) is 0 Å². The Morgan fingerprint density at radius 1 is 1.46 bits per heavy atom. The van der Waals surface area contributed by atoms with Crippen LogP contribution in [0.4, 0.5) is 0 Å². The van der Waals surface area contributed by atoms with E-state index >= 15 is 0 Å². The van der Waals surface area contributed by atoms with Gasteiger partial charge in [0.25, 0.3) is 5.91 Å². The quantitative estimate of drug-likeness (QED) is 0.827. The van der Waals surface area contributed by atoms with Crippen molar-refractivity contribution in [2.24, 2.45) is 0 Å². The van der Waals surface area contributed by atoms with Crippen molar-refractivity contribution in [3.8, 4) is 5.75 Å². The van der Waals surface area contributed by atoms with Crippen LogP contribution in [0.3, 0.4) is 0 Å². The van der Waals surface area contributed by atoms with Crippen LogP contribution < -0.4 is 9.08 Å². The summed E-state index contributed by atoms with van der Waals surface area (Å²) in [5.41, 5.74) is 0.598. The summed E-state index contributed by atoms with van der Waals surface area (Å²) in [6.07, 6.45) is 0. The third-order valence-electron chi connectivity index (χ3n) is 1.51. The van der Waals surface area contributed by atoms with E-state index < -0.39 is 0 Å². The summed E-state index contributed by atoms with van der Waals surface area (Å²) in [5.74, 6) is 0.608. The Hall–Kier alpha value is -1.03. The van der Waals surface area contributed by atoms with Gasteiger partial charge in [0.2, 0.25) is 0 Å². The van der Waals surface area contributed by atoms with Crippen LogP contribution >= 0.6 is 16.1 Å². The van der Waals surface area contributed by atoms with Crippen LogP contribution in [0.5, 0.6) is 5.75 Å². The maximum absolute atomic E-state index is 11.1. The molecular weight excluding hydrogens is 234 g/mol. The molecule has 1 N–H and O–H groups in total. The van der Waals surface area contributed by atoms with E-state index in [0.29, 0.717) is 12.2 Å². The first-order valence-corrected chi connectivity index (χ1v) is 4.71. The van der Waals surface area contributed by atoms with Crippen molar-refractivity contribution in [3.05, 3.63) is 29.8 Å². The highest BCUT2D eigenvalue weighted by Gasteiger charge is 2.02. The van der Waals surface area contributed by atoms with Gasteiger partial charge in [-0.05, 0) is 31.2 Å². The van der Waals surface area contributed by atoms with Gasteiger partial charge in [0.1, 0.15) is 5.75 Å². The number of nitrogens with one attached hydrogen (secondary N) is 1. The molecule has 0 unspecified atom stereocenters. The Morgan fingerprint density at radius 2 is 2.08 bits per heavy atom. The van der Waals surface area contributed by atoms with E-state index in [1.54, 1.807) is 24.3 Å². The van der Waals surface area contributed by atoms with E-state index in [-0.39, 0.29) is 5.91 Å².